The smallest absolute Gasteiger partial charge is 0.409 e. The van der Waals surface area contributed by atoms with Gasteiger partial charge in [0.1, 0.15) is 11.6 Å². The highest BCUT2D eigenvalue weighted by Gasteiger charge is 2.41. The fourth-order valence-electron chi connectivity index (χ4n) is 3.34. The van der Waals surface area contributed by atoms with Crippen LogP contribution in [0.4, 0.5) is 30.6 Å². The number of nitrogens with two attached hydrogens (primary N) is 1. The van der Waals surface area contributed by atoms with Crippen LogP contribution in [0.2, 0.25) is 0 Å². The van der Waals surface area contributed by atoms with Gasteiger partial charge in [-0.1, -0.05) is 6.07 Å². The molecule has 1 unspecified atom stereocenters. The van der Waals surface area contributed by atoms with E-state index in [9.17, 15) is 27.9 Å². The van der Waals surface area contributed by atoms with Gasteiger partial charge in [-0.3, -0.25) is 9.80 Å². The Labute approximate surface area is 201 Å². The topological polar surface area (TPSA) is 156 Å². The Bertz CT molecular complexity index is 1360. The van der Waals surface area contributed by atoms with Crippen molar-refractivity contribution >= 4 is 29.3 Å². The molecule has 3 aromatic rings. The number of ether oxygens (including phenoxy) is 1. The number of nitrogens with zero attached hydrogens (tertiary/aromatic N) is 4. The van der Waals surface area contributed by atoms with Gasteiger partial charge < -0.3 is 20.9 Å². The normalized spacial score (nSPS) is 15.1. The lowest BCUT2D eigenvalue weighted by Crippen LogP contribution is -2.44. The number of amides is 1. The molecule has 186 valence electrons. The summed E-state index contributed by atoms with van der Waals surface area (Å²) in [6.07, 6.45) is 0.0831. The van der Waals surface area contributed by atoms with Crippen LogP contribution in [0.25, 0.3) is 11.1 Å². The quantitative estimate of drug-likeness (QED) is 0.380. The molecular formula is C22H18F3N7O4. The Morgan fingerprint density at radius 3 is 2.64 bits per heavy atom. The van der Waals surface area contributed by atoms with Crippen molar-refractivity contribution in [2.45, 2.75) is 12.2 Å². The zero-order valence-corrected chi connectivity index (χ0v) is 18.4. The van der Waals surface area contributed by atoms with Gasteiger partial charge in [-0.2, -0.15) is 18.2 Å². The van der Waals surface area contributed by atoms with E-state index in [-0.39, 0.29) is 39.9 Å². The van der Waals surface area contributed by atoms with E-state index >= 15 is 0 Å². The lowest BCUT2D eigenvalue weighted by atomic mass is 10.1. The van der Waals surface area contributed by atoms with E-state index in [0.717, 1.165) is 17.3 Å². The standard InChI is InChI=1S/C22H18F3N7O4/c1-36-19-14(20(34)35)8-12(9-27-19)15-10-28-21(29-13-4-2-3-11(7-13)17(26)33)30-18(15)32-6-5-16(31-32)22(23,24)25/h2-10,16,31H,1H3,(H2,26,33)(H,34,35)(H,28,29,30). The molecule has 3 heterocycles. The van der Waals surface area contributed by atoms with Gasteiger partial charge >= 0.3 is 12.1 Å². The predicted octanol–water partition coefficient (Wildman–Crippen LogP) is 2.86. The zero-order valence-electron chi connectivity index (χ0n) is 18.4. The first-order valence-electron chi connectivity index (χ1n) is 10.2. The van der Waals surface area contributed by atoms with Crippen molar-refractivity contribution in [3.05, 3.63) is 66.1 Å². The second kappa shape index (κ2) is 9.50. The molecule has 1 aliphatic heterocycles. The van der Waals surface area contributed by atoms with Gasteiger partial charge in [-0.05, 0) is 30.3 Å². The number of carboxylic acids is 1. The van der Waals surface area contributed by atoms with Gasteiger partial charge in [0.05, 0.1) is 7.11 Å². The number of hydrazine groups is 1. The zero-order chi connectivity index (χ0) is 26.0. The summed E-state index contributed by atoms with van der Waals surface area (Å²) in [5.41, 5.74) is 8.36. The molecule has 1 amide bonds. The number of halogens is 3. The highest BCUT2D eigenvalue weighted by atomic mass is 19.4. The fourth-order valence-corrected chi connectivity index (χ4v) is 3.34. The van der Waals surface area contributed by atoms with Crippen LogP contribution < -0.4 is 26.2 Å². The van der Waals surface area contributed by atoms with E-state index in [0.29, 0.717) is 5.69 Å². The molecule has 1 aromatic carbocycles. The average molecular weight is 501 g/mol. The van der Waals surface area contributed by atoms with Crippen molar-refractivity contribution in [1.29, 1.82) is 0 Å². The summed E-state index contributed by atoms with van der Waals surface area (Å²) in [4.78, 5) is 35.6. The summed E-state index contributed by atoms with van der Waals surface area (Å²) in [5.74, 6) is -2.14. The van der Waals surface area contributed by atoms with Gasteiger partial charge in [-0.15, -0.1) is 0 Å². The molecule has 0 fully saturated rings. The van der Waals surface area contributed by atoms with Crippen molar-refractivity contribution in [2.24, 2.45) is 5.73 Å². The summed E-state index contributed by atoms with van der Waals surface area (Å²) >= 11 is 0. The number of alkyl halides is 3. The van der Waals surface area contributed by atoms with E-state index < -0.39 is 24.1 Å². The number of carbonyl (C=O) groups is 2. The Morgan fingerprint density at radius 1 is 1.22 bits per heavy atom. The second-order valence-corrected chi connectivity index (χ2v) is 7.45. The van der Waals surface area contributed by atoms with E-state index in [2.05, 4.69) is 25.7 Å². The van der Waals surface area contributed by atoms with Crippen LogP contribution in [0, 0.1) is 0 Å². The summed E-state index contributed by atoms with van der Waals surface area (Å²) in [6.45, 7) is 0. The number of anilines is 3. The summed E-state index contributed by atoms with van der Waals surface area (Å²) < 4.78 is 44.7. The first-order chi connectivity index (χ1) is 17.1. The van der Waals surface area contributed by atoms with Crippen molar-refractivity contribution < 1.29 is 32.6 Å². The lowest BCUT2D eigenvalue weighted by molar-refractivity contribution is -0.142. The van der Waals surface area contributed by atoms with Crippen LogP contribution in [0.3, 0.4) is 0 Å². The second-order valence-electron chi connectivity index (χ2n) is 7.45. The largest absolute Gasteiger partial charge is 0.480 e. The van der Waals surface area contributed by atoms with Crippen molar-refractivity contribution in [3.8, 4) is 17.0 Å². The molecule has 2 aromatic heterocycles. The Morgan fingerprint density at radius 2 is 2.00 bits per heavy atom. The fraction of sp³-hybridized carbons (Fsp3) is 0.136. The maximum absolute atomic E-state index is 13.3. The number of hydrogen-bond acceptors (Lipinski definition) is 9. The molecule has 14 heteroatoms. The number of primary amides is 1. The maximum Gasteiger partial charge on any atom is 0.409 e. The van der Waals surface area contributed by atoms with Gasteiger partial charge in [-0.25, -0.2) is 20.2 Å². The Hall–Kier alpha value is -4.72. The number of carboxylic acid groups (broad SMARTS) is 1. The molecule has 0 aliphatic carbocycles. The number of hydrogen-bond donors (Lipinski definition) is 4. The number of methoxy groups -OCH3 is 1. The van der Waals surface area contributed by atoms with Crippen LogP contribution in [0.15, 0.2) is 55.0 Å². The van der Waals surface area contributed by atoms with Gasteiger partial charge in [0.15, 0.2) is 5.82 Å². The van der Waals surface area contributed by atoms with E-state index in [4.69, 9.17) is 10.5 Å². The number of nitrogens with one attached hydrogen (secondary N) is 2. The molecular weight excluding hydrogens is 483 g/mol. The molecule has 4 rings (SSSR count). The van der Waals surface area contributed by atoms with Gasteiger partial charge in [0.25, 0.3) is 0 Å². The van der Waals surface area contributed by atoms with Crippen LogP contribution in [0.1, 0.15) is 20.7 Å². The van der Waals surface area contributed by atoms with Crippen molar-refractivity contribution in [1.82, 2.24) is 20.4 Å². The monoisotopic (exact) mass is 501 g/mol. The number of aromatic carboxylic acids is 1. The third-order valence-corrected chi connectivity index (χ3v) is 5.04. The minimum atomic E-state index is -4.56. The van der Waals surface area contributed by atoms with Crippen molar-refractivity contribution in [2.75, 3.05) is 17.4 Å². The first-order valence-corrected chi connectivity index (χ1v) is 10.2. The van der Waals surface area contributed by atoms with Crippen LogP contribution in [0.5, 0.6) is 5.88 Å². The Kier molecular flexibility index (Phi) is 6.44. The van der Waals surface area contributed by atoms with E-state index in [1.54, 1.807) is 12.1 Å². The average Bonchev–Trinajstić information content (AvgIpc) is 3.35. The molecule has 0 spiro atoms. The molecule has 11 nitrogen and oxygen atoms in total. The molecule has 1 aliphatic rings. The number of pyridine rings is 1. The molecule has 5 N–H and O–H groups in total. The highest BCUT2D eigenvalue weighted by molar-refractivity contribution is 5.94. The molecule has 0 radical (unpaired) electrons. The SMILES string of the molecule is COc1ncc(-c2cnc(Nc3cccc(C(N)=O)c3)nc2N2C=CC(C(F)(F)F)N2)cc1C(=O)O. The maximum atomic E-state index is 13.3. The first kappa shape index (κ1) is 24.4. The lowest BCUT2D eigenvalue weighted by Gasteiger charge is -2.23. The molecule has 0 bridgehead atoms. The van der Waals surface area contributed by atoms with E-state index in [1.807, 2.05) is 0 Å². The third kappa shape index (κ3) is 5.02. The Balaban J connectivity index is 1.77. The van der Waals surface area contributed by atoms with Crippen LogP contribution in [-0.2, 0) is 0 Å². The van der Waals surface area contributed by atoms with Crippen LogP contribution >= 0.6 is 0 Å². The van der Waals surface area contributed by atoms with Crippen molar-refractivity contribution in [3.63, 3.8) is 0 Å². The number of carbonyl (C=O) groups excluding carboxylic acids is 1. The van der Waals surface area contributed by atoms with Crippen LogP contribution in [-0.4, -0.2) is 51.3 Å². The summed E-state index contributed by atoms with van der Waals surface area (Å²) in [5, 5.41) is 13.4. The number of aromatic nitrogens is 3. The molecule has 0 saturated heterocycles. The molecule has 36 heavy (non-hydrogen) atoms. The molecule has 1 atom stereocenters. The predicted molar refractivity (Wildman–Crippen MR) is 122 cm³/mol. The third-order valence-electron chi connectivity index (χ3n) is 5.04. The molecule has 0 saturated carbocycles. The number of benzene rings is 1. The number of rotatable bonds is 7. The van der Waals surface area contributed by atoms with Gasteiger partial charge in [0, 0.05) is 41.0 Å². The van der Waals surface area contributed by atoms with Gasteiger partial charge in [0.2, 0.25) is 17.7 Å². The highest BCUT2D eigenvalue weighted by Crippen LogP contribution is 2.34. The minimum Gasteiger partial charge on any atom is -0.480 e. The minimum absolute atomic E-state index is 0.0130. The summed E-state index contributed by atoms with van der Waals surface area (Å²) in [6, 6.07) is 5.44. The summed E-state index contributed by atoms with van der Waals surface area (Å²) in [7, 11) is 1.26. The van der Waals surface area contributed by atoms with E-state index in [1.165, 1.54) is 37.7 Å².